The van der Waals surface area contributed by atoms with Crippen molar-refractivity contribution in [2.24, 2.45) is 0 Å². The first-order chi connectivity index (χ1) is 16.7. The van der Waals surface area contributed by atoms with Crippen molar-refractivity contribution in [3.05, 3.63) is 96.1 Å². The number of para-hydroxylation sites is 1. The fraction of sp³-hybridized carbons (Fsp3) is 0.0741. The van der Waals surface area contributed by atoms with Crippen molar-refractivity contribution in [2.45, 2.75) is 11.9 Å². The number of carbonyl (C=O) groups excluding carboxylic acids is 1. The highest BCUT2D eigenvalue weighted by molar-refractivity contribution is 8.00. The number of anilines is 1. The van der Waals surface area contributed by atoms with Crippen molar-refractivity contribution < 1.29 is 9.53 Å². The number of hydrogen-bond donors (Lipinski definition) is 1. The van der Waals surface area contributed by atoms with Crippen LogP contribution in [0, 0.1) is 6.92 Å². The summed E-state index contributed by atoms with van der Waals surface area (Å²) < 4.78 is 5.80. The number of nitrogens with zero attached hydrogens (tertiary/aromatic N) is 2. The summed E-state index contributed by atoms with van der Waals surface area (Å²) in [5.74, 6) is 1.63. The molecule has 0 saturated heterocycles. The van der Waals surface area contributed by atoms with Crippen molar-refractivity contribution in [1.29, 1.82) is 0 Å². The van der Waals surface area contributed by atoms with Crippen LogP contribution in [-0.2, 0) is 4.79 Å². The van der Waals surface area contributed by atoms with Crippen molar-refractivity contribution >= 4 is 44.9 Å². The molecule has 2 aromatic heterocycles. The molecule has 168 valence electrons. The van der Waals surface area contributed by atoms with E-state index in [1.807, 2.05) is 54.6 Å². The second-order valence-electron chi connectivity index (χ2n) is 7.65. The highest BCUT2D eigenvalue weighted by Gasteiger charge is 2.15. The van der Waals surface area contributed by atoms with Gasteiger partial charge in [0, 0.05) is 16.6 Å². The Hall–Kier alpha value is -3.68. The molecule has 0 fully saturated rings. The lowest BCUT2D eigenvalue weighted by Gasteiger charge is -2.09. The molecule has 3 aromatic carbocycles. The summed E-state index contributed by atoms with van der Waals surface area (Å²) in [5, 5.41) is 6.85. The second kappa shape index (κ2) is 10.1. The quantitative estimate of drug-likeness (QED) is 0.196. The van der Waals surface area contributed by atoms with E-state index in [4.69, 9.17) is 4.74 Å². The van der Waals surface area contributed by atoms with Gasteiger partial charge in [-0.2, -0.15) is 0 Å². The second-order valence-corrected chi connectivity index (χ2v) is 9.47. The zero-order chi connectivity index (χ0) is 23.3. The van der Waals surface area contributed by atoms with E-state index in [1.165, 1.54) is 17.3 Å². The highest BCUT2D eigenvalue weighted by atomic mass is 32.2. The van der Waals surface area contributed by atoms with E-state index < -0.39 is 0 Å². The first kappa shape index (κ1) is 22.1. The average Bonchev–Trinajstić information content (AvgIpc) is 3.30. The van der Waals surface area contributed by atoms with Crippen LogP contribution in [0.5, 0.6) is 11.5 Å². The van der Waals surface area contributed by atoms with E-state index in [0.717, 1.165) is 37.8 Å². The van der Waals surface area contributed by atoms with Crippen molar-refractivity contribution in [2.75, 3.05) is 11.1 Å². The van der Waals surface area contributed by atoms with Crippen molar-refractivity contribution in [1.82, 2.24) is 9.97 Å². The van der Waals surface area contributed by atoms with E-state index in [0.29, 0.717) is 5.75 Å². The molecule has 0 atom stereocenters. The molecule has 0 unspecified atom stereocenters. The largest absolute Gasteiger partial charge is 0.457 e. The highest BCUT2D eigenvalue weighted by Crippen LogP contribution is 2.38. The van der Waals surface area contributed by atoms with Gasteiger partial charge in [0.25, 0.3) is 0 Å². The van der Waals surface area contributed by atoms with Gasteiger partial charge in [-0.05, 0) is 48.9 Å². The number of rotatable bonds is 7. The number of ether oxygens (including phenoxy) is 1. The standard InChI is InChI=1S/C27H21N3O2S2/c1-18-7-9-19(10-8-18)23-15-33-26-25(23)27(29-17-28-26)34-16-24(31)30-20-11-13-22(14-12-20)32-21-5-3-2-4-6-21/h2-15,17H,16H2,1H3,(H,30,31). The van der Waals surface area contributed by atoms with Gasteiger partial charge in [-0.1, -0.05) is 59.8 Å². The van der Waals surface area contributed by atoms with Gasteiger partial charge in [0.2, 0.25) is 5.91 Å². The monoisotopic (exact) mass is 483 g/mol. The third kappa shape index (κ3) is 5.11. The van der Waals surface area contributed by atoms with E-state index in [-0.39, 0.29) is 11.7 Å². The minimum atomic E-state index is -0.0967. The molecule has 7 heteroatoms. The summed E-state index contributed by atoms with van der Waals surface area (Å²) in [6.45, 7) is 2.07. The van der Waals surface area contributed by atoms with Crippen LogP contribution in [0.25, 0.3) is 21.3 Å². The van der Waals surface area contributed by atoms with E-state index in [1.54, 1.807) is 17.7 Å². The molecule has 0 aliphatic heterocycles. The fourth-order valence-electron chi connectivity index (χ4n) is 3.46. The van der Waals surface area contributed by atoms with E-state index in [9.17, 15) is 4.79 Å². The number of carbonyl (C=O) groups is 1. The van der Waals surface area contributed by atoms with Gasteiger partial charge in [0.05, 0.1) is 11.1 Å². The topological polar surface area (TPSA) is 64.1 Å². The zero-order valence-corrected chi connectivity index (χ0v) is 20.0. The predicted octanol–water partition coefficient (Wildman–Crippen LogP) is 7.19. The van der Waals surface area contributed by atoms with Crippen LogP contribution in [0.15, 0.2) is 95.6 Å². The Morgan fingerprint density at radius 3 is 2.44 bits per heavy atom. The number of amides is 1. The van der Waals surface area contributed by atoms with Crippen molar-refractivity contribution in [3.63, 3.8) is 0 Å². The molecular formula is C27H21N3O2S2. The Morgan fingerprint density at radius 1 is 0.941 bits per heavy atom. The zero-order valence-electron chi connectivity index (χ0n) is 18.4. The number of nitrogens with one attached hydrogen (secondary N) is 1. The SMILES string of the molecule is Cc1ccc(-c2csc3ncnc(SCC(=O)Nc4ccc(Oc5ccccc5)cc4)c23)cc1. The molecule has 0 aliphatic rings. The summed E-state index contributed by atoms with van der Waals surface area (Å²) in [6.07, 6.45) is 1.56. The molecule has 1 amide bonds. The predicted molar refractivity (Wildman–Crippen MR) is 140 cm³/mol. The van der Waals surface area contributed by atoms with Gasteiger partial charge in [-0.15, -0.1) is 11.3 Å². The lowest BCUT2D eigenvalue weighted by atomic mass is 10.1. The van der Waals surface area contributed by atoms with Crippen molar-refractivity contribution in [3.8, 4) is 22.6 Å². The summed E-state index contributed by atoms with van der Waals surface area (Å²) in [4.78, 5) is 22.4. The van der Waals surface area contributed by atoms with Gasteiger partial charge in [0.15, 0.2) is 0 Å². The fourth-order valence-corrected chi connectivity index (χ4v) is 5.26. The van der Waals surface area contributed by atoms with Gasteiger partial charge in [-0.3, -0.25) is 4.79 Å². The summed E-state index contributed by atoms with van der Waals surface area (Å²) >= 11 is 3.01. The number of thiophene rings is 1. The Labute approximate surface area is 205 Å². The summed E-state index contributed by atoms with van der Waals surface area (Å²) in [6, 6.07) is 25.3. The van der Waals surface area contributed by atoms with E-state index >= 15 is 0 Å². The smallest absolute Gasteiger partial charge is 0.234 e. The molecule has 5 rings (SSSR count). The van der Waals surface area contributed by atoms with Crippen LogP contribution in [0.2, 0.25) is 0 Å². The average molecular weight is 484 g/mol. The Bertz CT molecular complexity index is 1420. The maximum absolute atomic E-state index is 12.6. The van der Waals surface area contributed by atoms with Crippen LogP contribution >= 0.6 is 23.1 Å². The Balaban J connectivity index is 1.25. The lowest BCUT2D eigenvalue weighted by molar-refractivity contribution is -0.113. The van der Waals surface area contributed by atoms with Crippen LogP contribution in [0.3, 0.4) is 0 Å². The summed E-state index contributed by atoms with van der Waals surface area (Å²) in [7, 11) is 0. The van der Waals surface area contributed by atoms with Crippen LogP contribution in [0.1, 0.15) is 5.56 Å². The molecule has 0 saturated carbocycles. The minimum Gasteiger partial charge on any atom is -0.457 e. The molecule has 0 aliphatic carbocycles. The number of aromatic nitrogens is 2. The molecule has 0 radical (unpaired) electrons. The molecule has 0 bridgehead atoms. The molecular weight excluding hydrogens is 462 g/mol. The third-order valence-electron chi connectivity index (χ3n) is 5.15. The number of thioether (sulfide) groups is 1. The maximum Gasteiger partial charge on any atom is 0.234 e. The molecule has 34 heavy (non-hydrogen) atoms. The number of benzene rings is 3. The number of hydrogen-bond acceptors (Lipinski definition) is 6. The van der Waals surface area contributed by atoms with Crippen LogP contribution in [-0.4, -0.2) is 21.6 Å². The molecule has 5 nitrogen and oxygen atoms in total. The Morgan fingerprint density at radius 2 is 1.68 bits per heavy atom. The molecule has 2 heterocycles. The van der Waals surface area contributed by atoms with E-state index in [2.05, 4.69) is 51.9 Å². The first-order valence-corrected chi connectivity index (χ1v) is 12.6. The molecule has 5 aromatic rings. The Kier molecular flexibility index (Phi) is 6.56. The third-order valence-corrected chi connectivity index (χ3v) is 7.03. The van der Waals surface area contributed by atoms with Crippen LogP contribution in [0.4, 0.5) is 5.69 Å². The number of aryl methyl sites for hydroxylation is 1. The summed E-state index contributed by atoms with van der Waals surface area (Å²) in [5.41, 5.74) is 4.15. The lowest BCUT2D eigenvalue weighted by Crippen LogP contribution is -2.14. The van der Waals surface area contributed by atoms with Gasteiger partial charge < -0.3 is 10.1 Å². The maximum atomic E-state index is 12.6. The minimum absolute atomic E-state index is 0.0967. The van der Waals surface area contributed by atoms with Gasteiger partial charge in [0.1, 0.15) is 27.7 Å². The van der Waals surface area contributed by atoms with Gasteiger partial charge in [-0.25, -0.2) is 9.97 Å². The normalized spacial score (nSPS) is 10.9. The first-order valence-electron chi connectivity index (χ1n) is 10.7. The molecule has 0 spiro atoms. The number of fused-ring (bicyclic) bond motifs is 1. The van der Waals surface area contributed by atoms with Crippen LogP contribution < -0.4 is 10.1 Å². The van der Waals surface area contributed by atoms with Gasteiger partial charge >= 0.3 is 0 Å². The molecule has 1 N–H and O–H groups in total.